The first-order chi connectivity index (χ1) is 27.1. The number of nitrogens with zero attached hydrogens (tertiary/aromatic N) is 4. The van der Waals surface area contributed by atoms with Crippen LogP contribution in [0.3, 0.4) is 0 Å². The van der Waals surface area contributed by atoms with E-state index in [1.165, 1.54) is 16.7 Å². The Hall–Kier alpha value is -5.90. The summed E-state index contributed by atoms with van der Waals surface area (Å²) in [4.78, 5) is 9.20. The minimum atomic E-state index is -0.163. The molecule has 0 radical (unpaired) electrons. The molecule has 0 spiro atoms. The number of aromatic nitrogens is 2. The topological polar surface area (TPSA) is 33.5 Å². The van der Waals surface area contributed by atoms with Crippen molar-refractivity contribution in [1.29, 1.82) is 0 Å². The van der Waals surface area contributed by atoms with E-state index in [0.717, 1.165) is 50.3 Å². The van der Waals surface area contributed by atoms with Crippen molar-refractivity contribution in [3.8, 4) is 17.3 Å². The molecule has 0 atom stereocenters. The predicted molar refractivity (Wildman–Crippen MR) is 230 cm³/mol. The van der Waals surface area contributed by atoms with Crippen molar-refractivity contribution < 1.29 is 25.8 Å². The maximum Gasteiger partial charge on any atom is 0.135 e. The van der Waals surface area contributed by atoms with Gasteiger partial charge in [-0.05, 0) is 69.6 Å². The van der Waals surface area contributed by atoms with Gasteiger partial charge in [0.2, 0.25) is 0 Å². The van der Waals surface area contributed by atoms with E-state index in [-0.39, 0.29) is 31.9 Å². The average molecular weight is 923 g/mol. The van der Waals surface area contributed by atoms with Crippen molar-refractivity contribution in [2.45, 2.75) is 45.4 Å². The summed E-state index contributed by atoms with van der Waals surface area (Å²) in [6.07, 6.45) is 4.09. The number of pyridine rings is 1. The second-order valence-corrected chi connectivity index (χ2v) is 15.9. The monoisotopic (exact) mass is 922 g/mol. The molecule has 286 valence electrons. The fourth-order valence-electron chi connectivity index (χ4n) is 7.58. The van der Waals surface area contributed by atoms with Crippen molar-refractivity contribution in [2.75, 3.05) is 9.80 Å². The Bertz CT molecular complexity index is 2730. The van der Waals surface area contributed by atoms with Crippen LogP contribution in [0.25, 0.3) is 33.3 Å². The van der Waals surface area contributed by atoms with E-state index in [1.807, 2.05) is 30.5 Å². The molecule has 6 heteroatoms. The van der Waals surface area contributed by atoms with Gasteiger partial charge in [-0.3, -0.25) is 0 Å². The largest absolute Gasteiger partial charge is 0.509 e. The molecule has 1 aliphatic heterocycles. The van der Waals surface area contributed by atoms with Crippen molar-refractivity contribution in [1.82, 2.24) is 9.55 Å². The number of hydrogen-bond acceptors (Lipinski definition) is 4. The molecule has 57 heavy (non-hydrogen) atoms. The quantitative estimate of drug-likeness (QED) is 0.142. The van der Waals surface area contributed by atoms with Crippen molar-refractivity contribution in [2.24, 2.45) is 0 Å². The minimum absolute atomic E-state index is 0. The molecule has 6 aromatic carbocycles. The summed E-state index contributed by atoms with van der Waals surface area (Å²) in [5.41, 5.74) is 9.63. The molecule has 9 rings (SSSR count). The Balaban J connectivity index is 0.00000455. The molecule has 0 unspecified atom stereocenters. The number of hydrogen-bond donors (Lipinski definition) is 0. The van der Waals surface area contributed by atoms with E-state index >= 15 is 0 Å². The molecule has 0 aliphatic carbocycles. The smallest absolute Gasteiger partial charge is 0.135 e. The summed E-state index contributed by atoms with van der Waals surface area (Å²) in [6.45, 7) is 13.4. The van der Waals surface area contributed by atoms with Crippen LogP contribution in [-0.4, -0.2) is 9.55 Å². The zero-order chi connectivity index (χ0) is 38.4. The second-order valence-electron chi connectivity index (χ2n) is 15.9. The Morgan fingerprint density at radius 3 is 2.11 bits per heavy atom. The number of ether oxygens (including phenoxy) is 1. The summed E-state index contributed by atoms with van der Waals surface area (Å²) in [5.74, 6) is 2.05. The molecule has 0 amide bonds. The summed E-state index contributed by atoms with van der Waals surface area (Å²) in [5, 5.41) is 2.24. The van der Waals surface area contributed by atoms with Crippen molar-refractivity contribution in [3.63, 3.8) is 0 Å². The maximum absolute atomic E-state index is 6.58. The Morgan fingerprint density at radius 1 is 0.614 bits per heavy atom. The normalized spacial score (nSPS) is 13.2. The van der Waals surface area contributed by atoms with Gasteiger partial charge in [0, 0.05) is 61.1 Å². The molecular formula is C51H43N4OPt-3. The van der Waals surface area contributed by atoms with Crippen LogP contribution >= 0.6 is 0 Å². The second kappa shape index (κ2) is 15.2. The fourth-order valence-corrected chi connectivity index (χ4v) is 7.58. The van der Waals surface area contributed by atoms with Gasteiger partial charge in [0.15, 0.2) is 0 Å². The van der Waals surface area contributed by atoms with Gasteiger partial charge in [0.1, 0.15) is 5.82 Å². The molecule has 0 bridgehead atoms. The molecule has 8 aromatic rings. The maximum atomic E-state index is 6.58. The molecule has 2 aromatic heterocycles. The Labute approximate surface area is 350 Å². The molecular weight excluding hydrogens is 880 g/mol. The minimum Gasteiger partial charge on any atom is -0.509 e. The summed E-state index contributed by atoms with van der Waals surface area (Å²) in [7, 11) is 0. The number of fused-ring (bicyclic) bond motifs is 3. The van der Waals surface area contributed by atoms with Gasteiger partial charge in [0.05, 0.1) is 0 Å². The molecule has 0 fully saturated rings. The third-order valence-corrected chi connectivity index (χ3v) is 10.8. The SMILES string of the molecule is CC(C)(C)c1ccnc(-n2c3[c-]c(Oc4[c-]c(N5[CH-]N(c6cccc(C(C)(C)c7ccccc7)c6)C=C5c5ccccc5)ccc4)ccc3c3ccccc32)c1.[Pt]. The Morgan fingerprint density at radius 2 is 1.32 bits per heavy atom. The fraction of sp³-hybridized carbons (Fsp3) is 0.137. The number of benzene rings is 6. The first-order valence-corrected chi connectivity index (χ1v) is 19.1. The molecule has 5 nitrogen and oxygen atoms in total. The zero-order valence-electron chi connectivity index (χ0n) is 32.7. The molecule has 0 N–H and O–H groups in total. The standard InChI is InChI=1S/C51H43N4O.Pt/c1-50(2,3)38-28-29-52-49(31-38)55-46-25-13-12-24-44(46)45-27-26-43(33-47(45)55)56-42-23-15-22-41(32-42)54-35-53(34-48(54)36-16-8-6-9-17-36)40-21-14-20-39(30-40)51(4,5)37-18-10-7-11-19-37;/h6-31,34-35H,1-5H3;/q-3;. The van der Waals surface area contributed by atoms with Gasteiger partial charge in [-0.1, -0.05) is 131 Å². The van der Waals surface area contributed by atoms with Crippen LogP contribution in [-0.2, 0) is 31.9 Å². The van der Waals surface area contributed by atoms with Gasteiger partial charge < -0.3 is 19.1 Å². The van der Waals surface area contributed by atoms with E-state index in [9.17, 15) is 0 Å². The van der Waals surface area contributed by atoms with Crippen LogP contribution in [0.15, 0.2) is 164 Å². The predicted octanol–water partition coefficient (Wildman–Crippen LogP) is 12.6. The Kier molecular flexibility index (Phi) is 10.1. The third kappa shape index (κ3) is 7.29. The van der Waals surface area contributed by atoms with E-state index in [2.05, 4.69) is 201 Å². The number of anilines is 2. The molecule has 0 saturated heterocycles. The van der Waals surface area contributed by atoms with Crippen LogP contribution in [0.1, 0.15) is 56.9 Å². The first kappa shape index (κ1) is 38.0. The average Bonchev–Trinajstić information content (AvgIpc) is 3.82. The van der Waals surface area contributed by atoms with Crippen molar-refractivity contribution in [3.05, 3.63) is 205 Å². The van der Waals surface area contributed by atoms with Gasteiger partial charge >= 0.3 is 0 Å². The number of rotatable bonds is 8. The van der Waals surface area contributed by atoms with Gasteiger partial charge in [-0.15, -0.1) is 48.1 Å². The molecule has 0 saturated carbocycles. The molecule has 1 aliphatic rings. The van der Waals surface area contributed by atoms with Crippen LogP contribution < -0.4 is 14.5 Å². The third-order valence-electron chi connectivity index (χ3n) is 10.8. The van der Waals surface area contributed by atoms with E-state index in [4.69, 9.17) is 9.72 Å². The van der Waals surface area contributed by atoms with E-state index in [0.29, 0.717) is 11.5 Å². The van der Waals surface area contributed by atoms with Crippen LogP contribution in [0.5, 0.6) is 11.5 Å². The van der Waals surface area contributed by atoms with Crippen LogP contribution in [0, 0.1) is 18.8 Å². The van der Waals surface area contributed by atoms with Crippen molar-refractivity contribution >= 4 is 38.9 Å². The van der Waals surface area contributed by atoms with Gasteiger partial charge in [-0.2, -0.15) is 12.1 Å². The van der Waals surface area contributed by atoms with E-state index < -0.39 is 0 Å². The number of para-hydroxylation sites is 1. The zero-order valence-corrected chi connectivity index (χ0v) is 35.0. The van der Waals surface area contributed by atoms with Gasteiger partial charge in [0.25, 0.3) is 0 Å². The molecule has 3 heterocycles. The van der Waals surface area contributed by atoms with Crippen LogP contribution in [0.4, 0.5) is 11.4 Å². The summed E-state index contributed by atoms with van der Waals surface area (Å²) in [6, 6.07) is 60.0. The summed E-state index contributed by atoms with van der Waals surface area (Å²) >= 11 is 0. The van der Waals surface area contributed by atoms with E-state index in [1.54, 1.807) is 0 Å². The summed E-state index contributed by atoms with van der Waals surface area (Å²) < 4.78 is 8.77. The van der Waals surface area contributed by atoms with Crippen LogP contribution in [0.2, 0.25) is 0 Å². The van der Waals surface area contributed by atoms with Gasteiger partial charge in [-0.25, -0.2) is 4.98 Å². The first-order valence-electron chi connectivity index (χ1n) is 19.1.